The maximum Gasteiger partial charge on any atom is 0.0365 e. The second-order valence-corrected chi connectivity index (χ2v) is 5.35. The van der Waals surface area contributed by atoms with Gasteiger partial charge in [-0.05, 0) is 64.9 Å². The molecule has 0 bridgehead atoms. The van der Waals surface area contributed by atoms with E-state index in [1.54, 1.807) is 0 Å². The van der Waals surface area contributed by atoms with Gasteiger partial charge in [-0.3, -0.25) is 0 Å². The fourth-order valence-corrected chi connectivity index (χ4v) is 2.51. The van der Waals surface area contributed by atoms with Crippen LogP contribution in [0.25, 0.3) is 0 Å². The third-order valence-corrected chi connectivity index (χ3v) is 3.50. The van der Waals surface area contributed by atoms with Crippen LogP contribution >= 0.6 is 0 Å². The highest BCUT2D eigenvalue weighted by atomic mass is 15.1. The smallest absolute Gasteiger partial charge is 0.0365 e. The van der Waals surface area contributed by atoms with Crippen LogP contribution < -0.4 is 4.90 Å². The lowest BCUT2D eigenvalue weighted by Gasteiger charge is -2.20. The first-order valence-corrected chi connectivity index (χ1v) is 8.75. The number of hydrogen-bond donors (Lipinski definition) is 0. The van der Waals surface area contributed by atoms with Crippen LogP contribution in [0.2, 0.25) is 0 Å². The monoisotopic (exact) mass is 292 g/mol. The summed E-state index contributed by atoms with van der Waals surface area (Å²) in [5.74, 6) is 0. The first kappa shape index (κ1) is 20.0. The van der Waals surface area contributed by atoms with Crippen molar-refractivity contribution in [1.29, 1.82) is 0 Å². The summed E-state index contributed by atoms with van der Waals surface area (Å²) in [7, 11) is 0. The topological polar surface area (TPSA) is 6.48 Å². The molecule has 0 saturated carbocycles. The zero-order chi connectivity index (χ0) is 15.9. The van der Waals surface area contributed by atoms with E-state index >= 15 is 0 Å². The van der Waals surface area contributed by atoms with Crippen LogP contribution in [0, 0.1) is 0 Å². The maximum atomic E-state index is 2.54. The van der Waals surface area contributed by atoms with Crippen LogP contribution in [0.15, 0.2) is 30.3 Å². The Morgan fingerprint density at radius 2 is 1.10 bits per heavy atom. The molecule has 0 amide bonds. The number of para-hydroxylation sites is 1. The van der Waals surface area contributed by atoms with E-state index in [0.29, 0.717) is 0 Å². The zero-order valence-electron chi connectivity index (χ0n) is 14.9. The van der Waals surface area contributed by atoms with Gasteiger partial charge in [-0.1, -0.05) is 39.0 Å². The Balaban J connectivity index is 0.000000384. The summed E-state index contributed by atoms with van der Waals surface area (Å²) in [5.41, 5.74) is 1.32. The SMILES string of the molecule is CCCN(CCC)CCC.CCN(CC)c1ccccc1. The van der Waals surface area contributed by atoms with Crippen LogP contribution in [0.3, 0.4) is 0 Å². The lowest BCUT2D eigenvalue weighted by Crippen LogP contribution is -2.25. The molecule has 0 aromatic heterocycles. The fourth-order valence-electron chi connectivity index (χ4n) is 2.51. The van der Waals surface area contributed by atoms with E-state index in [-0.39, 0.29) is 0 Å². The molecule has 0 aliphatic rings. The van der Waals surface area contributed by atoms with Crippen LogP contribution in [0.4, 0.5) is 5.69 Å². The molecular formula is C19H36N2. The van der Waals surface area contributed by atoms with E-state index in [4.69, 9.17) is 0 Å². The lowest BCUT2D eigenvalue weighted by atomic mass is 10.3. The summed E-state index contributed by atoms with van der Waals surface area (Å²) in [6.07, 6.45) is 3.88. The van der Waals surface area contributed by atoms with Gasteiger partial charge >= 0.3 is 0 Å². The van der Waals surface area contributed by atoms with Gasteiger partial charge in [-0.15, -0.1) is 0 Å². The summed E-state index contributed by atoms with van der Waals surface area (Å²) in [6.45, 7) is 17.1. The van der Waals surface area contributed by atoms with E-state index in [1.165, 1.54) is 44.6 Å². The van der Waals surface area contributed by atoms with Gasteiger partial charge in [0.15, 0.2) is 0 Å². The number of rotatable bonds is 9. The molecule has 21 heavy (non-hydrogen) atoms. The van der Waals surface area contributed by atoms with Gasteiger partial charge < -0.3 is 9.80 Å². The predicted molar refractivity (Wildman–Crippen MR) is 97.3 cm³/mol. The van der Waals surface area contributed by atoms with Gasteiger partial charge in [0.05, 0.1) is 0 Å². The molecule has 0 unspecified atom stereocenters. The Bertz CT molecular complexity index is 292. The van der Waals surface area contributed by atoms with E-state index in [1.807, 2.05) is 6.07 Å². The largest absolute Gasteiger partial charge is 0.372 e. The quantitative estimate of drug-likeness (QED) is 0.628. The van der Waals surface area contributed by atoms with Crippen molar-refractivity contribution in [2.75, 3.05) is 37.6 Å². The average Bonchev–Trinajstić information content (AvgIpc) is 2.51. The molecule has 1 aromatic carbocycles. The van der Waals surface area contributed by atoms with Crippen molar-refractivity contribution in [2.45, 2.75) is 53.9 Å². The molecule has 0 fully saturated rings. The minimum absolute atomic E-state index is 1.08. The standard InChI is InChI=1S/C10H15N.C9H21N/c1-3-11(4-2)10-8-6-5-7-9-10;1-4-7-10(8-5-2)9-6-3/h5-9H,3-4H2,1-2H3;4-9H2,1-3H3. The van der Waals surface area contributed by atoms with Gasteiger partial charge in [-0.25, -0.2) is 0 Å². The lowest BCUT2D eigenvalue weighted by molar-refractivity contribution is 0.275. The zero-order valence-corrected chi connectivity index (χ0v) is 14.9. The Labute approximate surface area is 133 Å². The Kier molecular flexibility index (Phi) is 13.3. The summed E-state index contributed by atoms with van der Waals surface area (Å²) < 4.78 is 0. The molecule has 0 radical (unpaired) electrons. The van der Waals surface area contributed by atoms with Gasteiger partial charge in [0, 0.05) is 18.8 Å². The van der Waals surface area contributed by atoms with Crippen molar-refractivity contribution >= 4 is 5.69 Å². The summed E-state index contributed by atoms with van der Waals surface area (Å²) in [5, 5.41) is 0. The third kappa shape index (κ3) is 9.52. The van der Waals surface area contributed by atoms with Crippen molar-refractivity contribution in [3.05, 3.63) is 30.3 Å². The van der Waals surface area contributed by atoms with Gasteiger partial charge in [0.2, 0.25) is 0 Å². The van der Waals surface area contributed by atoms with Crippen molar-refractivity contribution in [1.82, 2.24) is 4.90 Å². The van der Waals surface area contributed by atoms with Crippen molar-refractivity contribution in [3.8, 4) is 0 Å². The van der Waals surface area contributed by atoms with E-state index in [0.717, 1.165) is 13.1 Å². The Morgan fingerprint density at radius 1 is 0.667 bits per heavy atom. The van der Waals surface area contributed by atoms with E-state index in [9.17, 15) is 0 Å². The van der Waals surface area contributed by atoms with Crippen molar-refractivity contribution in [3.63, 3.8) is 0 Å². The molecule has 2 nitrogen and oxygen atoms in total. The number of hydrogen-bond acceptors (Lipinski definition) is 2. The van der Waals surface area contributed by atoms with Crippen LogP contribution in [-0.2, 0) is 0 Å². The summed E-state index contributed by atoms with van der Waals surface area (Å²) >= 11 is 0. The minimum atomic E-state index is 1.08. The highest BCUT2D eigenvalue weighted by molar-refractivity contribution is 5.45. The van der Waals surface area contributed by atoms with Crippen LogP contribution in [0.5, 0.6) is 0 Å². The molecule has 0 aliphatic carbocycles. The predicted octanol–water partition coefficient (Wildman–Crippen LogP) is 5.05. The highest BCUT2D eigenvalue weighted by Gasteiger charge is 1.98. The van der Waals surface area contributed by atoms with Gasteiger partial charge in [-0.2, -0.15) is 0 Å². The first-order valence-electron chi connectivity index (χ1n) is 8.75. The molecule has 2 heteroatoms. The molecular weight excluding hydrogens is 256 g/mol. The molecule has 0 aliphatic heterocycles. The average molecular weight is 293 g/mol. The molecule has 1 aromatic rings. The highest BCUT2D eigenvalue weighted by Crippen LogP contribution is 2.11. The van der Waals surface area contributed by atoms with Crippen LogP contribution in [0.1, 0.15) is 53.9 Å². The summed E-state index contributed by atoms with van der Waals surface area (Å²) in [6, 6.07) is 10.5. The Morgan fingerprint density at radius 3 is 1.43 bits per heavy atom. The maximum absolute atomic E-state index is 2.54. The molecule has 0 N–H and O–H groups in total. The normalized spacial score (nSPS) is 10.2. The van der Waals surface area contributed by atoms with Crippen molar-refractivity contribution in [2.24, 2.45) is 0 Å². The first-order chi connectivity index (χ1) is 10.2. The molecule has 0 spiro atoms. The second kappa shape index (κ2) is 13.9. The second-order valence-electron chi connectivity index (χ2n) is 5.35. The van der Waals surface area contributed by atoms with Crippen LogP contribution in [-0.4, -0.2) is 37.6 Å². The molecule has 0 heterocycles. The molecule has 0 atom stereocenters. The summed E-state index contributed by atoms with van der Waals surface area (Å²) in [4.78, 5) is 4.88. The van der Waals surface area contributed by atoms with E-state index in [2.05, 4.69) is 68.7 Å². The van der Waals surface area contributed by atoms with Gasteiger partial charge in [0.25, 0.3) is 0 Å². The van der Waals surface area contributed by atoms with E-state index < -0.39 is 0 Å². The third-order valence-electron chi connectivity index (χ3n) is 3.50. The number of anilines is 1. The fraction of sp³-hybridized carbons (Fsp3) is 0.684. The Hall–Kier alpha value is -1.02. The molecule has 122 valence electrons. The molecule has 0 saturated heterocycles. The van der Waals surface area contributed by atoms with Gasteiger partial charge in [0.1, 0.15) is 0 Å². The number of nitrogens with zero attached hydrogens (tertiary/aromatic N) is 2. The minimum Gasteiger partial charge on any atom is -0.372 e. The number of benzene rings is 1. The molecule has 1 rings (SSSR count). The van der Waals surface area contributed by atoms with Crippen molar-refractivity contribution < 1.29 is 0 Å².